The lowest BCUT2D eigenvalue weighted by Gasteiger charge is -2.10. The van der Waals surface area contributed by atoms with E-state index in [0.717, 1.165) is 32.3 Å². The second-order valence-electron chi connectivity index (χ2n) is 7.54. The highest BCUT2D eigenvalue weighted by Crippen LogP contribution is 2.29. The summed E-state index contributed by atoms with van der Waals surface area (Å²) in [4.78, 5) is 32.3. The molecule has 0 saturated carbocycles. The van der Waals surface area contributed by atoms with Crippen molar-refractivity contribution in [3.8, 4) is 5.69 Å². The number of rotatable bonds is 6. The summed E-state index contributed by atoms with van der Waals surface area (Å²) in [5.74, 6) is -0.0132. The zero-order valence-corrected chi connectivity index (χ0v) is 20.4. The summed E-state index contributed by atoms with van der Waals surface area (Å²) in [6.45, 7) is 10.2. The van der Waals surface area contributed by atoms with Gasteiger partial charge >= 0.3 is 0 Å². The Balaban J connectivity index is 1.55. The maximum atomic E-state index is 13.0. The lowest BCUT2D eigenvalue weighted by Crippen LogP contribution is -2.23. The third-order valence-electron chi connectivity index (χ3n) is 5.46. The van der Waals surface area contributed by atoms with Crippen LogP contribution >= 0.6 is 23.1 Å². The van der Waals surface area contributed by atoms with Crippen molar-refractivity contribution in [1.82, 2.24) is 19.3 Å². The van der Waals surface area contributed by atoms with E-state index < -0.39 is 0 Å². The van der Waals surface area contributed by atoms with Gasteiger partial charge in [0.15, 0.2) is 5.16 Å². The Morgan fingerprint density at radius 2 is 1.88 bits per heavy atom. The minimum absolute atomic E-state index is 0.0434. The van der Waals surface area contributed by atoms with Gasteiger partial charge in [-0.2, -0.15) is 5.10 Å². The monoisotopic (exact) mass is 467 g/mol. The quantitative estimate of drug-likeness (QED) is 0.330. The van der Waals surface area contributed by atoms with Crippen molar-refractivity contribution in [2.24, 2.45) is 0 Å². The molecule has 4 aromatic rings. The van der Waals surface area contributed by atoms with E-state index in [2.05, 4.69) is 10.4 Å². The SMILES string of the molecule is CCn1c(SCC(=O)Nc2c(C)nn(-c3ccccc3)c2C)nc2sc(C)c(C)c2c1=O. The predicted molar refractivity (Wildman–Crippen MR) is 131 cm³/mol. The number of nitrogens with zero attached hydrogens (tertiary/aromatic N) is 4. The lowest BCUT2D eigenvalue weighted by atomic mass is 10.2. The largest absolute Gasteiger partial charge is 0.322 e. The summed E-state index contributed by atoms with van der Waals surface area (Å²) in [7, 11) is 0. The van der Waals surface area contributed by atoms with Gasteiger partial charge in [0, 0.05) is 11.4 Å². The highest BCUT2D eigenvalue weighted by atomic mass is 32.2. The Kier molecular flexibility index (Phi) is 6.21. The molecule has 32 heavy (non-hydrogen) atoms. The number of aryl methyl sites for hydroxylation is 3. The summed E-state index contributed by atoms with van der Waals surface area (Å²) in [6, 6.07) is 9.80. The molecule has 1 amide bonds. The normalized spacial score (nSPS) is 11.3. The van der Waals surface area contributed by atoms with Crippen molar-refractivity contribution in [2.45, 2.75) is 46.3 Å². The van der Waals surface area contributed by atoms with Crippen LogP contribution in [0.3, 0.4) is 0 Å². The molecule has 1 aromatic carbocycles. The van der Waals surface area contributed by atoms with E-state index in [1.54, 1.807) is 4.57 Å². The topological polar surface area (TPSA) is 81.8 Å². The van der Waals surface area contributed by atoms with E-state index >= 15 is 0 Å². The molecule has 0 aliphatic heterocycles. The summed E-state index contributed by atoms with van der Waals surface area (Å²) >= 11 is 2.80. The number of carbonyl (C=O) groups excluding carboxylic acids is 1. The number of fused-ring (bicyclic) bond motifs is 1. The first-order chi connectivity index (χ1) is 15.3. The van der Waals surface area contributed by atoms with Crippen molar-refractivity contribution >= 4 is 44.9 Å². The van der Waals surface area contributed by atoms with E-state index in [1.807, 2.05) is 69.6 Å². The first-order valence-corrected chi connectivity index (χ1v) is 12.2. The molecular formula is C23H25N5O2S2. The number of para-hydroxylation sites is 1. The Hall–Kier alpha value is -2.91. The van der Waals surface area contributed by atoms with Gasteiger partial charge in [-0.25, -0.2) is 9.67 Å². The molecular weight excluding hydrogens is 442 g/mol. The molecule has 0 aliphatic carbocycles. The van der Waals surface area contributed by atoms with Crippen molar-refractivity contribution in [1.29, 1.82) is 0 Å². The van der Waals surface area contributed by atoms with Crippen molar-refractivity contribution < 1.29 is 4.79 Å². The number of hydrogen-bond acceptors (Lipinski definition) is 6. The smallest absolute Gasteiger partial charge is 0.263 e. The molecule has 0 bridgehead atoms. The Bertz CT molecular complexity index is 1370. The van der Waals surface area contributed by atoms with E-state index in [1.165, 1.54) is 23.1 Å². The molecule has 1 N–H and O–H groups in total. The summed E-state index contributed by atoms with van der Waals surface area (Å²) in [5, 5.41) is 8.81. The lowest BCUT2D eigenvalue weighted by molar-refractivity contribution is -0.113. The van der Waals surface area contributed by atoms with Crippen LogP contribution in [-0.2, 0) is 11.3 Å². The third-order valence-corrected chi connectivity index (χ3v) is 7.54. The van der Waals surface area contributed by atoms with Crippen LogP contribution < -0.4 is 10.9 Å². The van der Waals surface area contributed by atoms with Crippen LogP contribution in [0, 0.1) is 27.7 Å². The highest BCUT2D eigenvalue weighted by molar-refractivity contribution is 7.99. The van der Waals surface area contributed by atoms with Crippen LogP contribution in [0.5, 0.6) is 0 Å². The first-order valence-electron chi connectivity index (χ1n) is 10.4. The maximum absolute atomic E-state index is 13.0. The van der Waals surface area contributed by atoms with Gasteiger partial charge in [0.1, 0.15) is 4.83 Å². The number of anilines is 1. The van der Waals surface area contributed by atoms with Gasteiger partial charge in [0.05, 0.1) is 33.9 Å². The van der Waals surface area contributed by atoms with Crippen LogP contribution in [-0.4, -0.2) is 31.0 Å². The third kappa shape index (κ3) is 3.98. The Morgan fingerprint density at radius 1 is 1.16 bits per heavy atom. The van der Waals surface area contributed by atoms with E-state index in [4.69, 9.17) is 4.98 Å². The molecule has 7 nitrogen and oxygen atoms in total. The zero-order chi connectivity index (χ0) is 23.0. The van der Waals surface area contributed by atoms with E-state index in [0.29, 0.717) is 22.8 Å². The second kappa shape index (κ2) is 8.91. The molecule has 9 heteroatoms. The van der Waals surface area contributed by atoms with Gasteiger partial charge in [-0.05, 0) is 52.3 Å². The summed E-state index contributed by atoms with van der Waals surface area (Å²) < 4.78 is 3.47. The van der Waals surface area contributed by atoms with E-state index in [9.17, 15) is 9.59 Å². The fourth-order valence-corrected chi connectivity index (χ4v) is 5.58. The molecule has 0 spiro atoms. The molecule has 3 heterocycles. The summed E-state index contributed by atoms with van der Waals surface area (Å²) in [5.41, 5.74) is 4.20. The van der Waals surface area contributed by atoms with Gasteiger partial charge in [0.2, 0.25) is 5.91 Å². The van der Waals surface area contributed by atoms with Crippen LogP contribution in [0.15, 0.2) is 40.3 Å². The molecule has 0 aliphatic rings. The van der Waals surface area contributed by atoms with Crippen molar-refractivity contribution in [3.05, 3.63) is 62.5 Å². The Labute approximate surface area is 194 Å². The molecule has 3 aromatic heterocycles. The fraction of sp³-hybridized carbons (Fsp3) is 0.304. The molecule has 0 fully saturated rings. The average Bonchev–Trinajstić information content (AvgIpc) is 3.22. The van der Waals surface area contributed by atoms with Crippen LogP contribution in [0.2, 0.25) is 0 Å². The molecule has 0 atom stereocenters. The number of carbonyl (C=O) groups is 1. The number of hydrogen-bond donors (Lipinski definition) is 1. The van der Waals surface area contributed by atoms with Gasteiger partial charge in [-0.15, -0.1) is 11.3 Å². The molecule has 166 valence electrons. The van der Waals surface area contributed by atoms with E-state index in [-0.39, 0.29) is 17.2 Å². The zero-order valence-electron chi connectivity index (χ0n) is 18.7. The number of aromatic nitrogens is 4. The van der Waals surface area contributed by atoms with Gasteiger partial charge in [0.25, 0.3) is 5.56 Å². The number of thiophene rings is 1. The van der Waals surface area contributed by atoms with Crippen molar-refractivity contribution in [2.75, 3.05) is 11.1 Å². The maximum Gasteiger partial charge on any atom is 0.263 e. The minimum Gasteiger partial charge on any atom is -0.322 e. The van der Waals surface area contributed by atoms with Gasteiger partial charge in [-0.3, -0.25) is 14.2 Å². The first kappa shape index (κ1) is 22.3. The van der Waals surface area contributed by atoms with Crippen LogP contribution in [0.1, 0.15) is 28.8 Å². The molecule has 4 rings (SSSR count). The highest BCUT2D eigenvalue weighted by Gasteiger charge is 2.19. The number of benzene rings is 1. The van der Waals surface area contributed by atoms with Gasteiger partial charge in [-0.1, -0.05) is 30.0 Å². The molecule has 0 unspecified atom stereocenters. The second-order valence-corrected chi connectivity index (χ2v) is 9.68. The minimum atomic E-state index is -0.163. The summed E-state index contributed by atoms with van der Waals surface area (Å²) in [6.07, 6.45) is 0. The Morgan fingerprint density at radius 3 is 2.56 bits per heavy atom. The van der Waals surface area contributed by atoms with Crippen LogP contribution in [0.25, 0.3) is 15.9 Å². The van der Waals surface area contributed by atoms with Gasteiger partial charge < -0.3 is 5.32 Å². The fourth-order valence-electron chi connectivity index (χ4n) is 3.65. The predicted octanol–water partition coefficient (Wildman–Crippen LogP) is 4.63. The van der Waals surface area contributed by atoms with Crippen LogP contribution in [0.4, 0.5) is 5.69 Å². The van der Waals surface area contributed by atoms with Crippen molar-refractivity contribution in [3.63, 3.8) is 0 Å². The standard InChI is InChI=1S/C23H25N5O2S2/c1-6-27-22(30)19-13(2)16(5)32-21(19)25-23(27)31-12-18(29)24-20-14(3)26-28(15(20)4)17-10-8-7-9-11-17/h7-11H,6,12H2,1-5H3,(H,24,29). The number of thioether (sulfide) groups is 1. The molecule has 0 radical (unpaired) electrons. The average molecular weight is 468 g/mol. The number of amides is 1. The molecule has 0 saturated heterocycles. The number of nitrogens with one attached hydrogen (secondary N) is 1.